The van der Waals surface area contributed by atoms with Gasteiger partial charge in [-0.05, 0) is 79.4 Å². The Morgan fingerprint density at radius 1 is 0.909 bits per heavy atom. The van der Waals surface area contributed by atoms with Crippen molar-refractivity contribution in [3.8, 4) is 0 Å². The Labute approximate surface area is 135 Å². The molecule has 0 bridgehead atoms. The molecule has 0 aromatic rings. The first-order chi connectivity index (χ1) is 10.3. The van der Waals surface area contributed by atoms with Crippen molar-refractivity contribution in [2.75, 3.05) is 0 Å². The molecule has 2 heteroatoms. The van der Waals surface area contributed by atoms with Crippen LogP contribution < -0.4 is 0 Å². The Morgan fingerprint density at radius 3 is 2.41 bits per heavy atom. The van der Waals surface area contributed by atoms with Crippen molar-refractivity contribution < 1.29 is 10.2 Å². The van der Waals surface area contributed by atoms with Gasteiger partial charge < -0.3 is 10.2 Å². The molecule has 0 aromatic carbocycles. The number of fused-ring (bicyclic) bond motifs is 5. The molecule has 0 radical (unpaired) electrons. The van der Waals surface area contributed by atoms with E-state index in [-0.39, 0.29) is 23.0 Å². The average molecular weight is 304 g/mol. The highest BCUT2D eigenvalue weighted by atomic mass is 16.3. The number of hydrogen-bond acceptors (Lipinski definition) is 2. The molecule has 0 heterocycles. The van der Waals surface area contributed by atoms with Gasteiger partial charge in [0, 0.05) is 0 Å². The summed E-state index contributed by atoms with van der Waals surface area (Å²) in [4.78, 5) is 0. The summed E-state index contributed by atoms with van der Waals surface area (Å²) in [5.41, 5.74) is 2.25. The van der Waals surface area contributed by atoms with Gasteiger partial charge in [-0.25, -0.2) is 0 Å². The fourth-order valence-corrected chi connectivity index (χ4v) is 7.00. The molecule has 3 fully saturated rings. The minimum atomic E-state index is -0.117. The van der Waals surface area contributed by atoms with Crippen LogP contribution in [0.2, 0.25) is 0 Å². The molecule has 3 saturated carbocycles. The lowest BCUT2D eigenvalue weighted by molar-refractivity contribution is -0.124. The van der Waals surface area contributed by atoms with E-state index in [9.17, 15) is 10.2 Å². The van der Waals surface area contributed by atoms with Crippen molar-refractivity contribution in [1.82, 2.24) is 0 Å². The van der Waals surface area contributed by atoms with Gasteiger partial charge in [0.2, 0.25) is 0 Å². The second-order valence-corrected chi connectivity index (χ2v) is 9.42. The summed E-state index contributed by atoms with van der Waals surface area (Å²) in [6, 6.07) is 0. The molecule has 124 valence electrons. The first-order valence-electron chi connectivity index (χ1n) is 9.37. The fourth-order valence-electron chi connectivity index (χ4n) is 7.00. The largest absolute Gasteiger partial charge is 0.393 e. The molecule has 0 amide bonds. The maximum Gasteiger partial charge on any atom is 0.0599 e. The van der Waals surface area contributed by atoms with Gasteiger partial charge in [-0.3, -0.25) is 0 Å². The summed E-state index contributed by atoms with van der Waals surface area (Å²) in [6.45, 7) is 7.30. The van der Waals surface area contributed by atoms with Crippen LogP contribution in [0.5, 0.6) is 0 Å². The third-order valence-corrected chi connectivity index (χ3v) is 8.88. The molecule has 0 aromatic heterocycles. The highest BCUT2D eigenvalue weighted by molar-refractivity contribution is 5.26. The van der Waals surface area contributed by atoms with Gasteiger partial charge >= 0.3 is 0 Å². The SMILES string of the molecule is C[C@]12CC[C@H](O)CC1=CC[C@H]1[C@H]2CC[C@]2(C)[C@@H](O)CC[C@]12C. The number of rotatable bonds is 0. The van der Waals surface area contributed by atoms with Crippen molar-refractivity contribution in [3.05, 3.63) is 11.6 Å². The van der Waals surface area contributed by atoms with Gasteiger partial charge in [0.15, 0.2) is 0 Å². The monoisotopic (exact) mass is 304 g/mol. The van der Waals surface area contributed by atoms with Crippen molar-refractivity contribution in [2.24, 2.45) is 28.1 Å². The van der Waals surface area contributed by atoms with E-state index in [0.717, 1.165) is 31.6 Å². The highest BCUT2D eigenvalue weighted by Gasteiger charge is 2.64. The molecule has 4 aliphatic carbocycles. The summed E-state index contributed by atoms with van der Waals surface area (Å²) >= 11 is 0. The van der Waals surface area contributed by atoms with E-state index < -0.39 is 0 Å². The van der Waals surface area contributed by atoms with E-state index in [1.807, 2.05) is 0 Å². The number of aliphatic hydroxyl groups excluding tert-OH is 2. The normalized spacial score (nSPS) is 57.6. The molecule has 0 spiro atoms. The lowest BCUT2D eigenvalue weighted by atomic mass is 9.43. The quantitative estimate of drug-likeness (QED) is 0.663. The fraction of sp³-hybridized carbons (Fsp3) is 0.900. The molecule has 7 atom stereocenters. The topological polar surface area (TPSA) is 40.5 Å². The van der Waals surface area contributed by atoms with Crippen molar-refractivity contribution in [2.45, 2.75) is 84.3 Å². The smallest absolute Gasteiger partial charge is 0.0599 e. The molecular formula is C20H32O2. The Balaban J connectivity index is 1.73. The molecule has 0 saturated heterocycles. The lowest BCUT2D eigenvalue weighted by Crippen LogP contribution is -2.56. The number of allylic oxidation sites excluding steroid dienone is 1. The van der Waals surface area contributed by atoms with Crippen LogP contribution in [-0.4, -0.2) is 22.4 Å². The van der Waals surface area contributed by atoms with Crippen LogP contribution in [0.25, 0.3) is 0 Å². The van der Waals surface area contributed by atoms with Crippen LogP contribution in [0.3, 0.4) is 0 Å². The summed E-state index contributed by atoms with van der Waals surface area (Å²) < 4.78 is 0. The predicted octanol–water partition coefficient (Wildman–Crippen LogP) is 4.06. The Hall–Kier alpha value is -0.340. The Kier molecular flexibility index (Phi) is 3.18. The minimum absolute atomic E-state index is 0.107. The van der Waals surface area contributed by atoms with Crippen molar-refractivity contribution in [1.29, 1.82) is 0 Å². The van der Waals surface area contributed by atoms with Crippen LogP contribution in [0.1, 0.15) is 72.1 Å². The van der Waals surface area contributed by atoms with Crippen LogP contribution in [0, 0.1) is 28.1 Å². The van der Waals surface area contributed by atoms with E-state index in [1.54, 1.807) is 5.57 Å². The predicted molar refractivity (Wildman–Crippen MR) is 88.3 cm³/mol. The minimum Gasteiger partial charge on any atom is -0.393 e. The molecular weight excluding hydrogens is 272 g/mol. The van der Waals surface area contributed by atoms with E-state index in [1.165, 1.54) is 25.7 Å². The van der Waals surface area contributed by atoms with E-state index in [2.05, 4.69) is 26.8 Å². The van der Waals surface area contributed by atoms with Crippen LogP contribution >= 0.6 is 0 Å². The second kappa shape index (κ2) is 4.60. The first-order valence-corrected chi connectivity index (χ1v) is 9.37. The maximum atomic E-state index is 10.6. The Bertz CT molecular complexity index is 512. The van der Waals surface area contributed by atoms with Gasteiger partial charge in [0.1, 0.15) is 0 Å². The Morgan fingerprint density at radius 2 is 1.64 bits per heavy atom. The molecule has 0 unspecified atom stereocenters. The van der Waals surface area contributed by atoms with Crippen molar-refractivity contribution >= 4 is 0 Å². The first kappa shape index (κ1) is 15.2. The van der Waals surface area contributed by atoms with Crippen molar-refractivity contribution in [3.63, 3.8) is 0 Å². The van der Waals surface area contributed by atoms with E-state index in [4.69, 9.17) is 0 Å². The van der Waals surface area contributed by atoms with E-state index >= 15 is 0 Å². The average Bonchev–Trinajstić information content (AvgIpc) is 2.72. The zero-order valence-electron chi connectivity index (χ0n) is 14.4. The molecule has 2 nitrogen and oxygen atoms in total. The highest BCUT2D eigenvalue weighted by Crippen LogP contribution is 2.70. The summed E-state index contributed by atoms with van der Waals surface area (Å²) in [5, 5.41) is 20.7. The number of aliphatic hydroxyl groups is 2. The summed E-state index contributed by atoms with van der Waals surface area (Å²) in [5.74, 6) is 1.47. The van der Waals surface area contributed by atoms with Crippen LogP contribution in [0.15, 0.2) is 11.6 Å². The van der Waals surface area contributed by atoms with Gasteiger partial charge in [0.25, 0.3) is 0 Å². The zero-order chi connectivity index (χ0) is 15.8. The molecule has 2 N–H and O–H groups in total. The maximum absolute atomic E-state index is 10.6. The van der Waals surface area contributed by atoms with Gasteiger partial charge in [-0.1, -0.05) is 32.4 Å². The van der Waals surface area contributed by atoms with Crippen LogP contribution in [-0.2, 0) is 0 Å². The van der Waals surface area contributed by atoms with E-state index in [0.29, 0.717) is 11.3 Å². The van der Waals surface area contributed by atoms with Gasteiger partial charge in [-0.2, -0.15) is 0 Å². The molecule has 4 rings (SSSR count). The van der Waals surface area contributed by atoms with Gasteiger partial charge in [0.05, 0.1) is 12.2 Å². The molecule has 4 aliphatic rings. The standard InChI is InChI=1S/C20H32O2/c1-18-9-6-14(21)12-13(18)4-5-16-15(18)7-10-20(3)17(22)8-11-19(16,20)2/h4,14-17,21-22H,5-12H2,1-3H3/t14-,15+,16-,17-,18-,19+,20+/m0/s1. The second-order valence-electron chi connectivity index (χ2n) is 9.42. The third kappa shape index (κ3) is 1.69. The van der Waals surface area contributed by atoms with Crippen LogP contribution in [0.4, 0.5) is 0 Å². The molecule has 0 aliphatic heterocycles. The summed E-state index contributed by atoms with van der Waals surface area (Å²) in [7, 11) is 0. The molecule has 22 heavy (non-hydrogen) atoms. The number of hydrogen-bond donors (Lipinski definition) is 2. The zero-order valence-corrected chi connectivity index (χ0v) is 14.4. The lowest BCUT2D eigenvalue weighted by Gasteiger charge is -2.62. The third-order valence-electron chi connectivity index (χ3n) is 8.88. The van der Waals surface area contributed by atoms with Gasteiger partial charge in [-0.15, -0.1) is 0 Å². The summed E-state index contributed by atoms with van der Waals surface area (Å²) in [6.07, 6.45) is 11.1.